The highest BCUT2D eigenvalue weighted by molar-refractivity contribution is 5.85. The van der Waals surface area contributed by atoms with Crippen LogP contribution in [-0.2, 0) is 6.18 Å². The molecule has 0 saturated carbocycles. The first-order valence-corrected chi connectivity index (χ1v) is 8.34. The quantitative estimate of drug-likeness (QED) is 0.817. The van der Waals surface area contributed by atoms with Crippen LogP contribution >= 0.6 is 12.4 Å². The van der Waals surface area contributed by atoms with Gasteiger partial charge in [-0.3, -0.25) is 4.90 Å². The van der Waals surface area contributed by atoms with Gasteiger partial charge < -0.3 is 5.32 Å². The molecule has 1 saturated heterocycles. The van der Waals surface area contributed by atoms with Crippen LogP contribution in [0.1, 0.15) is 51.3 Å². The van der Waals surface area contributed by atoms with Crippen molar-refractivity contribution in [3.8, 4) is 0 Å². The summed E-state index contributed by atoms with van der Waals surface area (Å²) in [6, 6.07) is 6.65. The van der Waals surface area contributed by atoms with Crippen molar-refractivity contribution in [1.82, 2.24) is 10.2 Å². The molecule has 1 aliphatic rings. The average molecular weight is 365 g/mol. The van der Waals surface area contributed by atoms with Crippen LogP contribution in [0.3, 0.4) is 0 Å². The molecular formula is C18H28ClF3N2. The standard InChI is InChI=1S/C18H27F3N2.ClH/c1-12(2)9-17(23-11-13(3)22-10-14(23)4)15-5-7-16(8-6-15)18(19,20)21;/h5-8,12-14,17,22H,9-11H2,1-4H3;1H/t13-,14+,17?;/m0./s1. The molecule has 0 spiro atoms. The van der Waals surface area contributed by atoms with E-state index < -0.39 is 11.7 Å². The number of rotatable bonds is 4. The number of hydrogen-bond donors (Lipinski definition) is 1. The Morgan fingerprint density at radius 3 is 2.25 bits per heavy atom. The molecule has 1 N–H and O–H groups in total. The maximum Gasteiger partial charge on any atom is 0.416 e. The molecule has 1 aliphatic heterocycles. The van der Waals surface area contributed by atoms with Crippen molar-refractivity contribution in [2.24, 2.45) is 5.92 Å². The summed E-state index contributed by atoms with van der Waals surface area (Å²) in [5.41, 5.74) is 0.402. The fraction of sp³-hybridized carbons (Fsp3) is 0.667. The highest BCUT2D eigenvalue weighted by Gasteiger charge is 2.32. The van der Waals surface area contributed by atoms with E-state index in [2.05, 4.69) is 37.9 Å². The Morgan fingerprint density at radius 2 is 1.75 bits per heavy atom. The third-order valence-corrected chi connectivity index (χ3v) is 4.53. The lowest BCUT2D eigenvalue weighted by Crippen LogP contribution is -2.55. The van der Waals surface area contributed by atoms with Crippen LogP contribution in [0.25, 0.3) is 0 Å². The Bertz CT molecular complexity index is 502. The van der Waals surface area contributed by atoms with Crippen molar-refractivity contribution in [3.05, 3.63) is 35.4 Å². The van der Waals surface area contributed by atoms with Gasteiger partial charge in [0.2, 0.25) is 0 Å². The predicted molar refractivity (Wildman–Crippen MR) is 94.5 cm³/mol. The summed E-state index contributed by atoms with van der Waals surface area (Å²) in [6.45, 7) is 10.5. The number of alkyl halides is 3. The topological polar surface area (TPSA) is 15.3 Å². The number of halogens is 4. The monoisotopic (exact) mass is 364 g/mol. The molecular weight excluding hydrogens is 337 g/mol. The van der Waals surface area contributed by atoms with E-state index in [1.165, 1.54) is 12.1 Å². The molecule has 24 heavy (non-hydrogen) atoms. The van der Waals surface area contributed by atoms with Crippen LogP contribution < -0.4 is 5.32 Å². The summed E-state index contributed by atoms with van der Waals surface area (Å²) in [5.74, 6) is 0.486. The molecule has 0 radical (unpaired) electrons. The molecule has 1 heterocycles. The van der Waals surface area contributed by atoms with Crippen LogP contribution in [0.4, 0.5) is 13.2 Å². The van der Waals surface area contributed by atoms with E-state index in [1.54, 1.807) is 12.1 Å². The molecule has 1 aromatic rings. The largest absolute Gasteiger partial charge is 0.416 e. The molecule has 0 amide bonds. The van der Waals surface area contributed by atoms with Gasteiger partial charge in [0.25, 0.3) is 0 Å². The molecule has 2 nitrogen and oxygen atoms in total. The Kier molecular flexibility index (Phi) is 7.57. The lowest BCUT2D eigenvalue weighted by Gasteiger charge is -2.43. The van der Waals surface area contributed by atoms with Gasteiger partial charge in [0.1, 0.15) is 0 Å². The van der Waals surface area contributed by atoms with Crippen LogP contribution in [-0.4, -0.2) is 30.1 Å². The summed E-state index contributed by atoms with van der Waals surface area (Å²) >= 11 is 0. The predicted octanol–water partition coefficient (Wildman–Crippen LogP) is 4.90. The maximum atomic E-state index is 12.8. The van der Waals surface area contributed by atoms with E-state index in [9.17, 15) is 13.2 Å². The summed E-state index contributed by atoms with van der Waals surface area (Å²) in [5, 5.41) is 3.46. The first-order valence-electron chi connectivity index (χ1n) is 8.34. The Morgan fingerprint density at radius 1 is 1.17 bits per heavy atom. The highest BCUT2D eigenvalue weighted by Crippen LogP contribution is 2.34. The molecule has 2 rings (SSSR count). The minimum absolute atomic E-state index is 0. The molecule has 0 bridgehead atoms. The van der Waals surface area contributed by atoms with Gasteiger partial charge in [-0.2, -0.15) is 13.2 Å². The number of nitrogens with one attached hydrogen (secondary N) is 1. The maximum absolute atomic E-state index is 12.8. The van der Waals surface area contributed by atoms with Gasteiger partial charge in [-0.15, -0.1) is 12.4 Å². The molecule has 1 unspecified atom stereocenters. The van der Waals surface area contributed by atoms with Gasteiger partial charge in [0.05, 0.1) is 5.56 Å². The smallest absolute Gasteiger partial charge is 0.311 e. The van der Waals surface area contributed by atoms with E-state index >= 15 is 0 Å². The summed E-state index contributed by atoms with van der Waals surface area (Å²) in [6.07, 6.45) is -3.33. The average Bonchev–Trinajstić information content (AvgIpc) is 2.46. The zero-order valence-corrected chi connectivity index (χ0v) is 15.5. The lowest BCUT2D eigenvalue weighted by molar-refractivity contribution is -0.137. The van der Waals surface area contributed by atoms with Crippen molar-refractivity contribution in [2.75, 3.05) is 13.1 Å². The van der Waals surface area contributed by atoms with Crippen LogP contribution in [0.15, 0.2) is 24.3 Å². The van der Waals surface area contributed by atoms with E-state index in [4.69, 9.17) is 0 Å². The summed E-state index contributed by atoms with van der Waals surface area (Å²) < 4.78 is 38.3. The Labute approximate surface area is 149 Å². The first kappa shape index (κ1) is 21.3. The van der Waals surface area contributed by atoms with Crippen molar-refractivity contribution in [1.29, 1.82) is 0 Å². The summed E-state index contributed by atoms with van der Waals surface area (Å²) in [4.78, 5) is 2.43. The lowest BCUT2D eigenvalue weighted by atomic mass is 9.92. The van der Waals surface area contributed by atoms with Crippen LogP contribution in [0.5, 0.6) is 0 Å². The van der Waals surface area contributed by atoms with Gasteiger partial charge in [-0.1, -0.05) is 26.0 Å². The Hall–Kier alpha value is -0.780. The second kappa shape index (κ2) is 8.54. The summed E-state index contributed by atoms with van der Waals surface area (Å²) in [7, 11) is 0. The minimum Gasteiger partial charge on any atom is -0.311 e. The van der Waals surface area contributed by atoms with Gasteiger partial charge >= 0.3 is 6.18 Å². The zero-order valence-electron chi connectivity index (χ0n) is 14.7. The SMILES string of the molecule is CC(C)CC(c1ccc(C(F)(F)F)cc1)N1C[C@H](C)NC[C@H]1C.Cl. The molecule has 1 aromatic carbocycles. The fourth-order valence-corrected chi connectivity index (χ4v) is 3.29. The third kappa shape index (κ3) is 5.36. The number of piperazine rings is 1. The van der Waals surface area contributed by atoms with Gasteiger partial charge in [-0.05, 0) is 43.9 Å². The van der Waals surface area contributed by atoms with E-state index in [1.807, 2.05) is 0 Å². The molecule has 3 atom stereocenters. The van der Waals surface area contributed by atoms with Crippen molar-refractivity contribution < 1.29 is 13.2 Å². The van der Waals surface area contributed by atoms with E-state index in [0.29, 0.717) is 18.0 Å². The van der Waals surface area contributed by atoms with Crippen molar-refractivity contribution in [2.45, 2.75) is 58.4 Å². The molecule has 0 aromatic heterocycles. The molecule has 1 fully saturated rings. The minimum atomic E-state index is -4.27. The normalized spacial score (nSPS) is 23.8. The third-order valence-electron chi connectivity index (χ3n) is 4.53. The van der Waals surface area contributed by atoms with Crippen LogP contribution in [0, 0.1) is 5.92 Å². The molecule has 6 heteroatoms. The highest BCUT2D eigenvalue weighted by atomic mass is 35.5. The second-order valence-electron chi connectivity index (χ2n) is 7.12. The van der Waals surface area contributed by atoms with Crippen LogP contribution in [0.2, 0.25) is 0 Å². The molecule has 0 aliphatic carbocycles. The number of benzene rings is 1. The number of nitrogens with zero attached hydrogens (tertiary/aromatic N) is 1. The zero-order chi connectivity index (χ0) is 17.2. The Balaban J connectivity index is 0.00000288. The van der Waals surface area contributed by atoms with E-state index in [-0.39, 0.29) is 18.4 Å². The van der Waals surface area contributed by atoms with Crippen molar-refractivity contribution >= 4 is 12.4 Å². The van der Waals surface area contributed by atoms with Crippen molar-refractivity contribution in [3.63, 3.8) is 0 Å². The van der Waals surface area contributed by atoms with Gasteiger partial charge in [0, 0.05) is 31.2 Å². The van der Waals surface area contributed by atoms with E-state index in [0.717, 1.165) is 25.1 Å². The fourth-order valence-electron chi connectivity index (χ4n) is 3.29. The number of hydrogen-bond acceptors (Lipinski definition) is 2. The first-order chi connectivity index (χ1) is 10.7. The molecule has 138 valence electrons. The van der Waals surface area contributed by atoms with Gasteiger partial charge in [0.15, 0.2) is 0 Å². The van der Waals surface area contributed by atoms with Gasteiger partial charge in [-0.25, -0.2) is 0 Å². The second-order valence-corrected chi connectivity index (χ2v) is 7.12.